The topological polar surface area (TPSA) is 32.8 Å². The molecule has 0 saturated heterocycles. The highest BCUT2D eigenvalue weighted by molar-refractivity contribution is 6.27. The third kappa shape index (κ3) is 5.77. The first-order chi connectivity index (χ1) is 34.7. The molecule has 0 unspecified atom stereocenters. The van der Waals surface area contributed by atoms with Crippen LogP contribution in [0.1, 0.15) is 0 Å². The molecule has 0 N–H and O–H groups in total. The van der Waals surface area contributed by atoms with Crippen LogP contribution in [0.25, 0.3) is 109 Å². The van der Waals surface area contributed by atoms with Gasteiger partial charge in [0.2, 0.25) is 0 Å². The normalized spacial score (nSPS) is 12.0. The first-order valence-corrected chi connectivity index (χ1v) is 23.9. The Morgan fingerprint density at radius 2 is 0.629 bits per heavy atom. The summed E-state index contributed by atoms with van der Waals surface area (Å²) in [4.78, 5) is 4.77. The third-order valence-corrected chi connectivity index (χ3v) is 14.5. The van der Waals surface area contributed by atoms with Crippen LogP contribution >= 0.6 is 0 Å². The van der Waals surface area contributed by atoms with E-state index in [-0.39, 0.29) is 0 Å². The molecule has 70 heavy (non-hydrogen) atoms. The zero-order valence-corrected chi connectivity index (χ0v) is 37.8. The summed E-state index contributed by atoms with van der Waals surface area (Å²) in [5.41, 5.74) is 9.97. The van der Waals surface area contributed by atoms with Gasteiger partial charge in [0.15, 0.2) is 0 Å². The molecule has 0 atom stereocenters. The zero-order valence-electron chi connectivity index (χ0n) is 37.8. The van der Waals surface area contributed by atoms with Crippen molar-refractivity contribution in [2.75, 3.05) is 9.80 Å². The largest absolute Gasteiger partial charge is 0.455 e. The summed E-state index contributed by atoms with van der Waals surface area (Å²) in [5, 5.41) is 18.3. The summed E-state index contributed by atoms with van der Waals surface area (Å²) >= 11 is 0. The standard InChI is InChI=1S/C66H40N2O2/c1-3-17-45(18-4-1)67(60-39-41-15-7-9-21-49(41)53-23-11-13-25-55(53)60)47-29-33-51-43(37-47)27-31-57-58-35-36-62-63(66(58)70-64(51)57)59-32-28-44-38-48(30-34-52(44)65(59)69-62)68(46-19-5-2-6-20-46)61-40-42-16-8-10-22-50(42)54-24-12-14-26-56(54)61/h1-40H. The van der Waals surface area contributed by atoms with E-state index in [9.17, 15) is 0 Å². The SMILES string of the molecule is c1ccc(N(c2ccc3c(ccc4c5ccc6oc7c8ccc(N(c9ccccc9)c9cc%10ccccc%10c%10ccccc9%10)cc8ccc7c6c5oc34)c2)c2cc3ccccc3c3ccccc23)cc1. The highest BCUT2D eigenvalue weighted by atomic mass is 16.3. The van der Waals surface area contributed by atoms with Gasteiger partial charge in [-0.25, -0.2) is 0 Å². The Labute approximate surface area is 402 Å². The number of benzene rings is 13. The quantitative estimate of drug-likeness (QED) is 0.156. The molecule has 4 nitrogen and oxygen atoms in total. The van der Waals surface area contributed by atoms with Crippen molar-refractivity contribution in [2.45, 2.75) is 0 Å². The lowest BCUT2D eigenvalue weighted by molar-refractivity contribution is 0.666. The molecular formula is C66H40N2O2. The fraction of sp³-hybridized carbons (Fsp3) is 0. The maximum Gasteiger partial charge on any atom is 0.147 e. The van der Waals surface area contributed by atoms with Gasteiger partial charge in [0.05, 0.1) is 16.8 Å². The molecule has 13 aromatic carbocycles. The van der Waals surface area contributed by atoms with Gasteiger partial charge >= 0.3 is 0 Å². The molecule has 0 spiro atoms. The molecule has 2 aromatic heterocycles. The van der Waals surface area contributed by atoms with Gasteiger partial charge in [-0.05, 0) is 140 Å². The predicted molar refractivity (Wildman–Crippen MR) is 295 cm³/mol. The van der Waals surface area contributed by atoms with Gasteiger partial charge in [-0.2, -0.15) is 0 Å². The smallest absolute Gasteiger partial charge is 0.147 e. The van der Waals surface area contributed by atoms with Gasteiger partial charge in [0, 0.05) is 60.5 Å². The molecule has 0 saturated carbocycles. The Kier molecular flexibility index (Phi) is 8.33. The molecule has 0 radical (unpaired) electrons. The van der Waals surface area contributed by atoms with E-state index in [1.54, 1.807) is 0 Å². The molecule has 0 aliphatic rings. The summed E-state index contributed by atoms with van der Waals surface area (Å²) in [5.74, 6) is 0. The van der Waals surface area contributed by atoms with Crippen molar-refractivity contribution < 1.29 is 8.83 Å². The lowest BCUT2D eigenvalue weighted by Gasteiger charge is -2.28. The van der Waals surface area contributed by atoms with Crippen molar-refractivity contribution >= 4 is 143 Å². The van der Waals surface area contributed by atoms with Crippen LogP contribution in [-0.4, -0.2) is 0 Å². The van der Waals surface area contributed by atoms with Gasteiger partial charge in [0.25, 0.3) is 0 Å². The average molecular weight is 893 g/mol. The number of nitrogens with zero attached hydrogens (tertiary/aromatic N) is 2. The number of fused-ring (bicyclic) bond motifs is 17. The van der Waals surface area contributed by atoms with Crippen LogP contribution < -0.4 is 9.80 Å². The van der Waals surface area contributed by atoms with Crippen molar-refractivity contribution in [2.24, 2.45) is 0 Å². The summed E-state index contributed by atoms with van der Waals surface area (Å²) in [7, 11) is 0. The van der Waals surface area contributed by atoms with Crippen LogP contribution in [0.4, 0.5) is 34.1 Å². The second-order valence-electron chi connectivity index (χ2n) is 18.4. The van der Waals surface area contributed by atoms with Gasteiger partial charge in [-0.15, -0.1) is 0 Å². The minimum atomic E-state index is 0.805. The van der Waals surface area contributed by atoms with Crippen LogP contribution in [0.2, 0.25) is 0 Å². The number of hydrogen-bond acceptors (Lipinski definition) is 4. The molecule has 0 aliphatic carbocycles. The lowest BCUT2D eigenvalue weighted by atomic mass is 9.98. The second-order valence-corrected chi connectivity index (χ2v) is 18.4. The molecular weight excluding hydrogens is 853 g/mol. The molecule has 15 aromatic rings. The molecule has 0 fully saturated rings. The third-order valence-electron chi connectivity index (χ3n) is 14.5. The fourth-order valence-electron chi connectivity index (χ4n) is 11.4. The molecule has 326 valence electrons. The molecule has 0 bridgehead atoms. The van der Waals surface area contributed by atoms with E-state index in [0.29, 0.717) is 0 Å². The second kappa shape index (κ2) is 15.1. The van der Waals surface area contributed by atoms with E-state index < -0.39 is 0 Å². The zero-order chi connectivity index (χ0) is 45.9. The van der Waals surface area contributed by atoms with Crippen LogP contribution in [-0.2, 0) is 0 Å². The first kappa shape index (κ1) is 38.7. The fourth-order valence-corrected chi connectivity index (χ4v) is 11.4. The highest BCUT2D eigenvalue weighted by Crippen LogP contribution is 2.48. The van der Waals surface area contributed by atoms with Crippen molar-refractivity contribution in [3.05, 3.63) is 243 Å². The van der Waals surface area contributed by atoms with E-state index in [1.807, 2.05) is 0 Å². The monoisotopic (exact) mass is 892 g/mol. The van der Waals surface area contributed by atoms with Crippen LogP contribution in [0.15, 0.2) is 251 Å². The van der Waals surface area contributed by atoms with Crippen LogP contribution in [0.5, 0.6) is 0 Å². The van der Waals surface area contributed by atoms with Crippen molar-refractivity contribution in [3.63, 3.8) is 0 Å². The minimum Gasteiger partial charge on any atom is -0.455 e. The van der Waals surface area contributed by atoms with Gasteiger partial charge in [0.1, 0.15) is 22.3 Å². The molecule has 2 heterocycles. The van der Waals surface area contributed by atoms with Crippen molar-refractivity contribution in [1.29, 1.82) is 0 Å². The van der Waals surface area contributed by atoms with Gasteiger partial charge < -0.3 is 18.6 Å². The van der Waals surface area contributed by atoms with Crippen LogP contribution in [0, 0.1) is 0 Å². The Morgan fingerprint density at radius 3 is 1.17 bits per heavy atom. The van der Waals surface area contributed by atoms with Gasteiger partial charge in [-0.1, -0.05) is 146 Å². The molecule has 0 aliphatic heterocycles. The summed E-state index contributed by atoms with van der Waals surface area (Å²) in [6, 6.07) is 87.4. The lowest BCUT2D eigenvalue weighted by Crippen LogP contribution is -2.10. The number of para-hydroxylation sites is 2. The Balaban J connectivity index is 0.874. The Hall–Kier alpha value is -9.38. The highest BCUT2D eigenvalue weighted by Gasteiger charge is 2.23. The van der Waals surface area contributed by atoms with E-state index in [2.05, 4.69) is 252 Å². The number of hydrogen-bond donors (Lipinski definition) is 0. The summed E-state index contributed by atoms with van der Waals surface area (Å²) < 4.78 is 13.9. The van der Waals surface area contributed by atoms with E-state index >= 15 is 0 Å². The van der Waals surface area contributed by atoms with E-state index in [0.717, 1.165) is 99.5 Å². The Morgan fingerprint density at radius 1 is 0.229 bits per heavy atom. The molecule has 15 rings (SSSR count). The van der Waals surface area contributed by atoms with Crippen LogP contribution in [0.3, 0.4) is 0 Å². The average Bonchev–Trinajstić information content (AvgIpc) is 4.01. The van der Waals surface area contributed by atoms with E-state index in [1.165, 1.54) is 43.1 Å². The summed E-state index contributed by atoms with van der Waals surface area (Å²) in [6.07, 6.45) is 0. The van der Waals surface area contributed by atoms with Crippen molar-refractivity contribution in [1.82, 2.24) is 0 Å². The number of furan rings is 2. The first-order valence-electron chi connectivity index (χ1n) is 23.9. The maximum atomic E-state index is 7.07. The Bertz CT molecular complexity index is 4610. The maximum absolute atomic E-state index is 7.07. The van der Waals surface area contributed by atoms with Gasteiger partial charge in [-0.3, -0.25) is 0 Å². The molecule has 4 heteroatoms. The predicted octanol–water partition coefficient (Wildman–Crippen LogP) is 19.3. The number of anilines is 6. The molecule has 0 amide bonds. The minimum absolute atomic E-state index is 0.805. The van der Waals surface area contributed by atoms with Crippen molar-refractivity contribution in [3.8, 4) is 0 Å². The summed E-state index contributed by atoms with van der Waals surface area (Å²) in [6.45, 7) is 0. The number of rotatable bonds is 6. The van der Waals surface area contributed by atoms with E-state index in [4.69, 9.17) is 8.83 Å².